The van der Waals surface area contributed by atoms with E-state index in [4.69, 9.17) is 28.4 Å². The lowest BCUT2D eigenvalue weighted by atomic mass is 10.0. The van der Waals surface area contributed by atoms with Gasteiger partial charge in [0.25, 0.3) is 0 Å². The first-order chi connectivity index (χ1) is 34.9. The van der Waals surface area contributed by atoms with Gasteiger partial charge in [-0.05, 0) is 83.5 Å². The molecule has 0 amide bonds. The molecule has 0 heterocycles. The van der Waals surface area contributed by atoms with E-state index in [1.54, 1.807) is 6.92 Å². The van der Waals surface area contributed by atoms with Crippen LogP contribution in [0.15, 0.2) is 24.3 Å². The molecule has 0 aromatic rings. The molecule has 4 unspecified atom stereocenters. The summed E-state index contributed by atoms with van der Waals surface area (Å²) < 4.78 is 33.1. The molecule has 16 nitrogen and oxygen atoms in total. The molecule has 16 heteroatoms. The Morgan fingerprint density at radius 1 is 0.411 bits per heavy atom. The molecule has 0 radical (unpaired) electrons. The molecule has 2 N–H and O–H groups in total. The number of allylic oxidation sites excluding steroid dienone is 2. The third-order valence-corrected chi connectivity index (χ3v) is 12.6. The second-order valence-electron chi connectivity index (χ2n) is 20.8. The van der Waals surface area contributed by atoms with E-state index in [0.29, 0.717) is 73.4 Å². The van der Waals surface area contributed by atoms with Crippen molar-refractivity contribution in [1.82, 2.24) is 0 Å². The Morgan fingerprint density at radius 2 is 0.781 bits per heavy atom. The summed E-state index contributed by atoms with van der Waals surface area (Å²) in [7, 11) is 7.55. The van der Waals surface area contributed by atoms with Crippen LogP contribution in [-0.2, 0) is 57.2 Å². The number of hydrogen-bond acceptors (Lipinski definition) is 14. The summed E-state index contributed by atoms with van der Waals surface area (Å²) >= 11 is 0. The van der Waals surface area contributed by atoms with Gasteiger partial charge in [-0.1, -0.05) is 116 Å². The number of rotatable bonds is 48. The normalized spacial score (nSPS) is 13.6. The molecule has 424 valence electrons. The lowest BCUT2D eigenvalue weighted by Crippen LogP contribution is -2.48. The van der Waals surface area contributed by atoms with E-state index in [1.165, 1.54) is 0 Å². The zero-order valence-electron chi connectivity index (χ0n) is 47.1. The van der Waals surface area contributed by atoms with Gasteiger partial charge in [0.1, 0.15) is 51.7 Å². The summed E-state index contributed by atoms with van der Waals surface area (Å²) in [5.41, 5.74) is 0. The average Bonchev–Trinajstić information content (AvgIpc) is 3.32. The Bertz CT molecular complexity index is 1530. The van der Waals surface area contributed by atoms with Crippen molar-refractivity contribution >= 4 is 35.8 Å². The van der Waals surface area contributed by atoms with Crippen LogP contribution in [0.4, 0.5) is 0 Å². The number of esters is 6. The maximum atomic E-state index is 12.9. The van der Waals surface area contributed by atoms with Gasteiger partial charge in [0.15, 0.2) is 13.1 Å². The maximum absolute atomic E-state index is 12.9. The van der Waals surface area contributed by atoms with Crippen molar-refractivity contribution in [3.8, 4) is 0 Å². The first-order valence-electron chi connectivity index (χ1n) is 28.2. The number of hydrogen-bond donors (Lipinski definition) is 2. The van der Waals surface area contributed by atoms with Gasteiger partial charge in [-0.2, -0.15) is 0 Å². The first kappa shape index (κ1) is 69.1. The van der Waals surface area contributed by atoms with Crippen molar-refractivity contribution in [2.24, 2.45) is 0 Å². The van der Waals surface area contributed by atoms with Crippen LogP contribution in [0.1, 0.15) is 201 Å². The molecule has 0 aliphatic rings. The van der Waals surface area contributed by atoms with Crippen LogP contribution in [0.2, 0.25) is 0 Å². The zero-order valence-corrected chi connectivity index (χ0v) is 47.1. The number of quaternary nitrogens is 2. The highest BCUT2D eigenvalue weighted by atomic mass is 16.6. The van der Waals surface area contributed by atoms with E-state index in [1.807, 2.05) is 47.3 Å². The predicted octanol–water partition coefficient (Wildman–Crippen LogP) is 9.58. The highest BCUT2D eigenvalue weighted by Crippen LogP contribution is 2.18. The van der Waals surface area contributed by atoms with Gasteiger partial charge in [0.05, 0.1) is 40.4 Å². The highest BCUT2D eigenvalue weighted by Gasteiger charge is 2.29. The molecule has 0 spiro atoms. The van der Waals surface area contributed by atoms with E-state index in [9.17, 15) is 39.0 Å². The molecule has 0 bridgehead atoms. The van der Waals surface area contributed by atoms with Crippen LogP contribution in [0.25, 0.3) is 0 Å². The standard InChI is InChI=1S/C57H104N2O14/c1-9-13-27-36-50(72-56(66)46-58(5,6)40-42-68-52(62)12-4)48(60)34-29-23-19-15-17-21-25-31-38-54(64)70-44-45-71-55(65)39-32-26-22-18-16-20-24-30-35-49(61)51(37-28-14-10-2)73-57(67)47-59(7,8)41-43-69-53(63)33-11-3/h23-24,29-30,48-51,60-61H,9-22,25-28,31-47H2,1-8H3/q+2/b29-23-,30-24-. The second-order valence-corrected chi connectivity index (χ2v) is 20.8. The van der Waals surface area contributed by atoms with Crippen molar-refractivity contribution < 1.29 is 76.4 Å². The summed E-state index contributed by atoms with van der Waals surface area (Å²) in [5.74, 6) is -1.83. The third-order valence-electron chi connectivity index (χ3n) is 12.6. The number of ether oxygens (including phenoxy) is 6. The van der Waals surface area contributed by atoms with Crippen LogP contribution >= 0.6 is 0 Å². The van der Waals surface area contributed by atoms with Gasteiger partial charge >= 0.3 is 35.8 Å². The Kier molecular flexibility index (Phi) is 42.1. The van der Waals surface area contributed by atoms with Crippen LogP contribution in [0.5, 0.6) is 0 Å². The molecule has 0 saturated carbocycles. The third kappa shape index (κ3) is 42.1. The number of carbonyl (C=O) groups excluding carboxylic acids is 6. The Labute approximate surface area is 441 Å². The minimum absolute atomic E-state index is 0.0529. The summed E-state index contributed by atoms with van der Waals surface area (Å²) in [5, 5.41) is 21.9. The lowest BCUT2D eigenvalue weighted by molar-refractivity contribution is -0.883. The molecule has 0 aliphatic heterocycles. The lowest BCUT2D eigenvalue weighted by Gasteiger charge is -2.30. The Balaban J connectivity index is 4.16. The van der Waals surface area contributed by atoms with Gasteiger partial charge in [-0.15, -0.1) is 0 Å². The summed E-state index contributed by atoms with van der Waals surface area (Å²) in [4.78, 5) is 73.2. The fourth-order valence-electron chi connectivity index (χ4n) is 7.90. The van der Waals surface area contributed by atoms with Gasteiger partial charge in [0.2, 0.25) is 0 Å². The zero-order chi connectivity index (χ0) is 54.6. The van der Waals surface area contributed by atoms with Crippen molar-refractivity contribution in [2.75, 3.05) is 80.8 Å². The molecule has 0 aromatic carbocycles. The molecular weight excluding hydrogens is 937 g/mol. The average molecular weight is 1040 g/mol. The SMILES string of the molecule is CCCCCC(OC(=O)C[N+](C)(C)CCOC(=O)CC)C(O)C/C=C\CCCCCCCC(=O)OCCOC(=O)CCCCCCC/C=C\CC(O)C(CCCCC)OC(=O)C[N+](C)(C)CCOC(=O)CCC. The van der Waals surface area contributed by atoms with Gasteiger partial charge in [-0.3, -0.25) is 19.2 Å². The largest absolute Gasteiger partial charge is 0.462 e. The van der Waals surface area contributed by atoms with E-state index in [-0.39, 0.29) is 75.3 Å². The van der Waals surface area contributed by atoms with Crippen molar-refractivity contribution in [3.63, 3.8) is 0 Å². The number of aliphatic hydroxyl groups excluding tert-OH is 2. The molecular formula is C57H104N2O14+2. The maximum Gasteiger partial charge on any atom is 0.362 e. The van der Waals surface area contributed by atoms with Crippen molar-refractivity contribution in [2.45, 2.75) is 225 Å². The van der Waals surface area contributed by atoms with Crippen LogP contribution in [-0.4, -0.2) is 160 Å². The van der Waals surface area contributed by atoms with Crippen LogP contribution in [0.3, 0.4) is 0 Å². The quantitative estimate of drug-likeness (QED) is 0.0192. The van der Waals surface area contributed by atoms with Gasteiger partial charge < -0.3 is 47.6 Å². The molecule has 0 rings (SSSR count). The molecule has 0 fully saturated rings. The Hall–Kier alpha value is -3.86. The van der Waals surface area contributed by atoms with E-state index >= 15 is 0 Å². The minimum atomic E-state index is -0.789. The molecule has 0 aliphatic carbocycles. The fraction of sp³-hybridized carbons (Fsp3) is 0.825. The predicted molar refractivity (Wildman–Crippen MR) is 285 cm³/mol. The number of carbonyl (C=O) groups is 6. The van der Waals surface area contributed by atoms with Gasteiger partial charge in [-0.25, -0.2) is 9.59 Å². The van der Waals surface area contributed by atoms with Crippen molar-refractivity contribution in [3.05, 3.63) is 24.3 Å². The number of unbranched alkanes of at least 4 members (excludes halogenated alkanes) is 14. The molecule has 73 heavy (non-hydrogen) atoms. The summed E-state index contributed by atoms with van der Waals surface area (Å²) in [6.07, 6.45) is 26.3. The number of aliphatic hydroxyl groups is 2. The van der Waals surface area contributed by atoms with E-state index in [0.717, 1.165) is 122 Å². The van der Waals surface area contributed by atoms with Crippen LogP contribution in [0, 0.1) is 0 Å². The molecule has 0 saturated heterocycles. The number of likely N-dealkylation sites (N-methyl/N-ethyl adjacent to an activating group) is 2. The number of nitrogens with zero attached hydrogens (tertiary/aromatic N) is 2. The van der Waals surface area contributed by atoms with Gasteiger partial charge in [0, 0.05) is 25.7 Å². The van der Waals surface area contributed by atoms with Crippen molar-refractivity contribution in [1.29, 1.82) is 0 Å². The fourth-order valence-corrected chi connectivity index (χ4v) is 7.90. The first-order valence-corrected chi connectivity index (χ1v) is 28.2. The summed E-state index contributed by atoms with van der Waals surface area (Å²) in [6, 6.07) is 0. The van der Waals surface area contributed by atoms with E-state index < -0.39 is 24.4 Å². The summed E-state index contributed by atoms with van der Waals surface area (Å²) in [6.45, 7) is 9.66. The smallest absolute Gasteiger partial charge is 0.362 e. The second kappa shape index (κ2) is 44.4. The monoisotopic (exact) mass is 1040 g/mol. The topological polar surface area (TPSA) is 198 Å². The van der Waals surface area contributed by atoms with Crippen LogP contribution < -0.4 is 0 Å². The molecule has 4 atom stereocenters. The highest BCUT2D eigenvalue weighted by molar-refractivity contribution is 5.72. The minimum Gasteiger partial charge on any atom is -0.462 e. The van der Waals surface area contributed by atoms with E-state index in [2.05, 4.69) is 26.0 Å². The molecule has 0 aromatic heterocycles. The Morgan fingerprint density at radius 3 is 1.18 bits per heavy atom.